The quantitative estimate of drug-likeness (QED) is 0.632. The number of amides is 1. The van der Waals surface area contributed by atoms with E-state index in [1.807, 2.05) is 0 Å². The van der Waals surface area contributed by atoms with Crippen molar-refractivity contribution < 1.29 is 4.79 Å². The summed E-state index contributed by atoms with van der Waals surface area (Å²) in [7, 11) is 0. The number of hydrogen-bond acceptors (Lipinski definition) is 2. The normalized spacial score (nSPS) is 10.4. The lowest BCUT2D eigenvalue weighted by molar-refractivity contribution is -0.116. The monoisotopic (exact) mass is 338 g/mol. The molecule has 0 atom stereocenters. The highest BCUT2D eigenvalue weighted by Crippen LogP contribution is 2.35. The van der Waals surface area contributed by atoms with Crippen LogP contribution >= 0.6 is 39.1 Å². The van der Waals surface area contributed by atoms with Crippen LogP contribution in [0, 0.1) is 0 Å². The van der Waals surface area contributed by atoms with Crippen molar-refractivity contribution in [1.29, 1.82) is 0 Å². The molecular formula is C11H13BrCl2N2O. The standard InChI is InChI=1S/C11H13BrCl2N2O/c12-7-4-5-8(11(14)10(7)13)16-9(17)3-1-2-6-15/h4-5H,1-3,6,15H2,(H,16,17). The fourth-order valence-corrected chi connectivity index (χ4v) is 2.09. The van der Waals surface area contributed by atoms with Crippen LogP contribution in [0.5, 0.6) is 0 Å². The second-order valence-electron chi connectivity index (χ2n) is 3.52. The molecule has 0 saturated carbocycles. The molecule has 0 radical (unpaired) electrons. The van der Waals surface area contributed by atoms with Crippen LogP contribution in [0.15, 0.2) is 16.6 Å². The van der Waals surface area contributed by atoms with Gasteiger partial charge in [-0.25, -0.2) is 0 Å². The van der Waals surface area contributed by atoms with Gasteiger partial charge in [-0.05, 0) is 47.4 Å². The maximum Gasteiger partial charge on any atom is 0.224 e. The van der Waals surface area contributed by atoms with E-state index < -0.39 is 0 Å². The number of halogens is 3. The van der Waals surface area contributed by atoms with Crippen molar-refractivity contribution in [3.63, 3.8) is 0 Å². The Morgan fingerprint density at radius 3 is 2.65 bits per heavy atom. The van der Waals surface area contributed by atoms with Crippen LogP contribution in [0.1, 0.15) is 19.3 Å². The van der Waals surface area contributed by atoms with E-state index in [1.165, 1.54) is 0 Å². The molecular weight excluding hydrogens is 327 g/mol. The second kappa shape index (κ2) is 7.21. The number of carbonyl (C=O) groups excluding carboxylic acids is 1. The lowest BCUT2D eigenvalue weighted by atomic mass is 10.2. The average Bonchev–Trinajstić information content (AvgIpc) is 2.30. The molecule has 3 N–H and O–H groups in total. The van der Waals surface area contributed by atoms with Crippen molar-refractivity contribution in [2.45, 2.75) is 19.3 Å². The Kier molecular flexibility index (Phi) is 6.27. The summed E-state index contributed by atoms with van der Waals surface area (Å²) >= 11 is 15.2. The first-order chi connectivity index (χ1) is 8.06. The molecule has 1 rings (SSSR count). The number of rotatable bonds is 5. The molecule has 0 unspecified atom stereocenters. The highest BCUT2D eigenvalue weighted by atomic mass is 79.9. The van der Waals surface area contributed by atoms with Gasteiger partial charge in [-0.15, -0.1) is 0 Å². The van der Waals surface area contributed by atoms with Gasteiger partial charge < -0.3 is 11.1 Å². The molecule has 0 spiro atoms. The van der Waals surface area contributed by atoms with Gasteiger partial charge in [-0.1, -0.05) is 23.2 Å². The summed E-state index contributed by atoms with van der Waals surface area (Å²) in [5, 5.41) is 3.46. The smallest absolute Gasteiger partial charge is 0.224 e. The molecule has 0 saturated heterocycles. The van der Waals surface area contributed by atoms with Crippen LogP contribution in [0.4, 0.5) is 5.69 Å². The number of unbranched alkanes of at least 4 members (excludes halogenated alkanes) is 1. The summed E-state index contributed by atoms with van der Waals surface area (Å²) in [6.07, 6.45) is 2.04. The van der Waals surface area contributed by atoms with Crippen LogP contribution in [-0.2, 0) is 4.79 Å². The van der Waals surface area contributed by atoms with E-state index in [0.29, 0.717) is 33.2 Å². The Bertz CT molecular complexity index is 413. The topological polar surface area (TPSA) is 55.1 Å². The maximum atomic E-state index is 11.6. The lowest BCUT2D eigenvalue weighted by Crippen LogP contribution is -2.12. The minimum Gasteiger partial charge on any atom is -0.330 e. The van der Waals surface area contributed by atoms with Crippen LogP contribution in [-0.4, -0.2) is 12.5 Å². The van der Waals surface area contributed by atoms with E-state index in [-0.39, 0.29) is 5.91 Å². The van der Waals surface area contributed by atoms with Gasteiger partial charge in [0.05, 0.1) is 15.7 Å². The van der Waals surface area contributed by atoms with Crippen LogP contribution in [0.3, 0.4) is 0 Å². The third-order valence-electron chi connectivity index (χ3n) is 2.17. The second-order valence-corrected chi connectivity index (χ2v) is 5.13. The number of benzene rings is 1. The van der Waals surface area contributed by atoms with Crippen LogP contribution in [0.2, 0.25) is 10.0 Å². The van der Waals surface area contributed by atoms with Crippen molar-refractivity contribution in [3.05, 3.63) is 26.7 Å². The van der Waals surface area contributed by atoms with Gasteiger partial charge >= 0.3 is 0 Å². The minimum absolute atomic E-state index is 0.0845. The first-order valence-electron chi connectivity index (χ1n) is 5.19. The first kappa shape index (κ1) is 14.8. The Hall–Kier alpha value is -0.290. The molecule has 0 aliphatic heterocycles. The van der Waals surface area contributed by atoms with Gasteiger partial charge in [-0.2, -0.15) is 0 Å². The Morgan fingerprint density at radius 1 is 1.29 bits per heavy atom. The zero-order valence-electron chi connectivity index (χ0n) is 9.10. The van der Waals surface area contributed by atoms with E-state index in [1.54, 1.807) is 12.1 Å². The van der Waals surface area contributed by atoms with Gasteiger partial charge in [-0.3, -0.25) is 4.79 Å². The van der Waals surface area contributed by atoms with Crippen molar-refractivity contribution in [2.75, 3.05) is 11.9 Å². The average molecular weight is 340 g/mol. The fraction of sp³-hybridized carbons (Fsp3) is 0.364. The summed E-state index contributed by atoms with van der Waals surface area (Å²) < 4.78 is 0.699. The molecule has 0 heterocycles. The third-order valence-corrected chi connectivity index (χ3v) is 3.94. The zero-order chi connectivity index (χ0) is 12.8. The minimum atomic E-state index is -0.0845. The zero-order valence-corrected chi connectivity index (χ0v) is 12.2. The first-order valence-corrected chi connectivity index (χ1v) is 6.74. The Labute approximate surface area is 119 Å². The number of nitrogens with one attached hydrogen (secondary N) is 1. The Balaban J connectivity index is 2.63. The molecule has 17 heavy (non-hydrogen) atoms. The molecule has 1 aromatic rings. The maximum absolute atomic E-state index is 11.6. The molecule has 0 aliphatic carbocycles. The van der Waals surface area contributed by atoms with Gasteiger partial charge in [0.1, 0.15) is 0 Å². The molecule has 94 valence electrons. The van der Waals surface area contributed by atoms with Gasteiger partial charge in [0.25, 0.3) is 0 Å². The van der Waals surface area contributed by atoms with Crippen molar-refractivity contribution in [3.8, 4) is 0 Å². The van der Waals surface area contributed by atoms with E-state index in [2.05, 4.69) is 21.2 Å². The molecule has 1 amide bonds. The largest absolute Gasteiger partial charge is 0.330 e. The number of anilines is 1. The van der Waals surface area contributed by atoms with Gasteiger partial charge in [0.2, 0.25) is 5.91 Å². The summed E-state index contributed by atoms with van der Waals surface area (Å²) in [5.74, 6) is -0.0845. The van der Waals surface area contributed by atoms with E-state index >= 15 is 0 Å². The van der Waals surface area contributed by atoms with E-state index in [9.17, 15) is 4.79 Å². The molecule has 3 nitrogen and oxygen atoms in total. The van der Waals surface area contributed by atoms with Crippen molar-refractivity contribution in [1.82, 2.24) is 0 Å². The molecule has 1 aromatic carbocycles. The molecule has 0 aliphatic rings. The lowest BCUT2D eigenvalue weighted by Gasteiger charge is -2.09. The predicted molar refractivity (Wildman–Crippen MR) is 75.7 cm³/mol. The number of carbonyl (C=O) groups is 1. The van der Waals surface area contributed by atoms with Crippen molar-refractivity contribution >= 4 is 50.7 Å². The molecule has 0 aromatic heterocycles. The highest BCUT2D eigenvalue weighted by molar-refractivity contribution is 9.10. The molecule has 0 fully saturated rings. The van der Waals surface area contributed by atoms with Crippen LogP contribution in [0.25, 0.3) is 0 Å². The van der Waals surface area contributed by atoms with E-state index in [4.69, 9.17) is 28.9 Å². The van der Waals surface area contributed by atoms with Gasteiger partial charge in [0, 0.05) is 10.9 Å². The summed E-state index contributed by atoms with van der Waals surface area (Å²) in [6.45, 7) is 0.595. The number of hydrogen-bond donors (Lipinski definition) is 2. The van der Waals surface area contributed by atoms with E-state index in [0.717, 1.165) is 12.8 Å². The highest BCUT2D eigenvalue weighted by Gasteiger charge is 2.10. The van der Waals surface area contributed by atoms with Crippen LogP contribution < -0.4 is 11.1 Å². The number of nitrogens with two attached hydrogens (primary N) is 1. The van der Waals surface area contributed by atoms with Crippen molar-refractivity contribution in [2.24, 2.45) is 5.73 Å². The van der Waals surface area contributed by atoms with Gasteiger partial charge in [0.15, 0.2) is 0 Å². The summed E-state index contributed by atoms with van der Waals surface area (Å²) in [6, 6.07) is 3.45. The Morgan fingerprint density at radius 2 is 2.00 bits per heavy atom. The fourth-order valence-electron chi connectivity index (χ4n) is 1.27. The summed E-state index contributed by atoms with van der Waals surface area (Å²) in [5.41, 5.74) is 5.88. The SMILES string of the molecule is NCCCCC(=O)Nc1ccc(Br)c(Cl)c1Cl. The molecule has 0 bridgehead atoms. The molecule has 6 heteroatoms. The summed E-state index contributed by atoms with van der Waals surface area (Å²) in [4.78, 5) is 11.6. The predicted octanol–water partition coefficient (Wildman–Crippen LogP) is 3.82. The third kappa shape index (κ3) is 4.47.